The van der Waals surface area contributed by atoms with Crippen LogP contribution < -0.4 is 15.4 Å². The van der Waals surface area contributed by atoms with Crippen LogP contribution in [0.4, 0.5) is 10.6 Å². The van der Waals surface area contributed by atoms with Gasteiger partial charge >= 0.3 is 6.03 Å². The van der Waals surface area contributed by atoms with Crippen molar-refractivity contribution in [3.8, 4) is 0 Å². The van der Waals surface area contributed by atoms with Crippen molar-refractivity contribution in [3.63, 3.8) is 0 Å². The zero-order valence-electron chi connectivity index (χ0n) is 13.5. The predicted octanol–water partition coefficient (Wildman–Crippen LogP) is 1.80. The topological polar surface area (TPSA) is 100 Å². The van der Waals surface area contributed by atoms with Crippen LogP contribution in [0.2, 0.25) is 0 Å². The summed E-state index contributed by atoms with van der Waals surface area (Å²) >= 11 is 0. The fourth-order valence-electron chi connectivity index (χ4n) is 2.03. The lowest BCUT2D eigenvalue weighted by Gasteiger charge is -2.11. The van der Waals surface area contributed by atoms with Crippen LogP contribution in [0.3, 0.4) is 0 Å². The molecule has 0 fully saturated rings. The number of hydrogen-bond acceptors (Lipinski definition) is 4. The normalized spacial score (nSPS) is 11.1. The molecule has 0 aliphatic carbocycles. The molecule has 8 heteroatoms. The maximum absolute atomic E-state index is 12.3. The summed E-state index contributed by atoms with van der Waals surface area (Å²) in [6.45, 7) is 3.82. The average Bonchev–Trinajstić information content (AvgIpc) is 2.55. The Bertz CT molecular complexity index is 807. The monoisotopic (exact) mass is 348 g/mol. The zero-order chi connectivity index (χ0) is 17.6. The number of carbonyl (C=O) groups excluding carboxylic acids is 1. The van der Waals surface area contributed by atoms with Gasteiger partial charge in [0.1, 0.15) is 5.82 Å². The molecule has 2 amide bonds. The van der Waals surface area contributed by atoms with Crippen molar-refractivity contribution in [2.75, 3.05) is 18.4 Å². The van der Waals surface area contributed by atoms with E-state index in [1.54, 1.807) is 43.5 Å². The Morgan fingerprint density at radius 3 is 2.62 bits per heavy atom. The van der Waals surface area contributed by atoms with Crippen LogP contribution in [0.5, 0.6) is 0 Å². The van der Waals surface area contributed by atoms with Crippen molar-refractivity contribution in [3.05, 3.63) is 53.7 Å². The van der Waals surface area contributed by atoms with E-state index in [9.17, 15) is 13.2 Å². The quantitative estimate of drug-likeness (QED) is 0.693. The summed E-state index contributed by atoms with van der Waals surface area (Å²) in [5.74, 6) is 0.422. The van der Waals surface area contributed by atoms with Crippen LogP contribution in [-0.4, -0.2) is 32.5 Å². The van der Waals surface area contributed by atoms with Gasteiger partial charge in [-0.2, -0.15) is 0 Å². The van der Waals surface area contributed by atoms with Gasteiger partial charge in [0.05, 0.1) is 4.90 Å². The molecule has 2 aromatic rings. The van der Waals surface area contributed by atoms with Crippen molar-refractivity contribution in [1.29, 1.82) is 0 Å². The number of hydrogen-bond donors (Lipinski definition) is 3. The first-order valence-corrected chi connectivity index (χ1v) is 8.89. The van der Waals surface area contributed by atoms with Gasteiger partial charge in [0.25, 0.3) is 0 Å². The van der Waals surface area contributed by atoms with Gasteiger partial charge < -0.3 is 5.32 Å². The van der Waals surface area contributed by atoms with Gasteiger partial charge in [-0.3, -0.25) is 5.32 Å². The third-order valence-corrected chi connectivity index (χ3v) is 4.85. The Hall–Kier alpha value is -2.45. The maximum Gasteiger partial charge on any atom is 0.320 e. The fourth-order valence-corrected chi connectivity index (χ4v) is 3.39. The van der Waals surface area contributed by atoms with Gasteiger partial charge in [0.15, 0.2) is 0 Å². The largest absolute Gasteiger partial charge is 0.337 e. The van der Waals surface area contributed by atoms with Gasteiger partial charge in [-0.05, 0) is 43.2 Å². The van der Waals surface area contributed by atoms with E-state index in [0.717, 1.165) is 5.56 Å². The van der Waals surface area contributed by atoms with E-state index in [4.69, 9.17) is 0 Å². The second kappa shape index (κ2) is 7.89. The number of anilines is 1. The molecular formula is C16H20N4O3S. The van der Waals surface area contributed by atoms with Crippen molar-refractivity contribution in [2.45, 2.75) is 18.7 Å². The number of aromatic nitrogens is 1. The minimum atomic E-state index is -3.60. The van der Waals surface area contributed by atoms with Crippen LogP contribution in [0.1, 0.15) is 11.1 Å². The number of nitrogens with zero attached hydrogens (tertiary/aromatic N) is 1. The van der Waals surface area contributed by atoms with E-state index >= 15 is 0 Å². The summed E-state index contributed by atoms with van der Waals surface area (Å²) in [6, 6.07) is 9.95. The molecule has 0 aliphatic rings. The fraction of sp³-hybridized carbons (Fsp3) is 0.250. The number of aryl methyl sites for hydroxylation is 2. The van der Waals surface area contributed by atoms with E-state index < -0.39 is 16.1 Å². The molecule has 0 spiro atoms. The van der Waals surface area contributed by atoms with E-state index in [0.29, 0.717) is 11.4 Å². The highest BCUT2D eigenvalue weighted by Crippen LogP contribution is 2.16. The number of carbonyl (C=O) groups is 1. The number of benzene rings is 1. The Kier molecular flexibility index (Phi) is 5.88. The van der Waals surface area contributed by atoms with Crippen molar-refractivity contribution < 1.29 is 13.2 Å². The molecule has 7 nitrogen and oxygen atoms in total. The van der Waals surface area contributed by atoms with Gasteiger partial charge in [0.2, 0.25) is 10.0 Å². The summed E-state index contributed by atoms with van der Waals surface area (Å²) in [4.78, 5) is 15.9. The molecule has 0 radical (unpaired) electrons. The van der Waals surface area contributed by atoms with E-state index in [-0.39, 0.29) is 18.0 Å². The zero-order valence-corrected chi connectivity index (χ0v) is 14.4. The number of amides is 2. The molecule has 2 rings (SSSR count). The number of pyridine rings is 1. The Labute approximate surface area is 141 Å². The van der Waals surface area contributed by atoms with E-state index in [2.05, 4.69) is 20.3 Å². The van der Waals surface area contributed by atoms with Crippen molar-refractivity contribution in [2.24, 2.45) is 0 Å². The second-order valence-corrected chi connectivity index (χ2v) is 7.00. The summed E-state index contributed by atoms with van der Waals surface area (Å²) in [7, 11) is -3.60. The number of nitrogens with one attached hydrogen (secondary N) is 3. The smallest absolute Gasteiger partial charge is 0.320 e. The van der Waals surface area contributed by atoms with Crippen LogP contribution in [-0.2, 0) is 10.0 Å². The third kappa shape index (κ3) is 5.04. The van der Waals surface area contributed by atoms with Crippen LogP contribution in [0, 0.1) is 13.8 Å². The highest BCUT2D eigenvalue weighted by atomic mass is 32.2. The highest BCUT2D eigenvalue weighted by molar-refractivity contribution is 7.89. The predicted molar refractivity (Wildman–Crippen MR) is 92.4 cm³/mol. The number of sulfonamides is 1. The summed E-state index contributed by atoms with van der Waals surface area (Å²) in [5, 5.41) is 5.11. The summed E-state index contributed by atoms with van der Waals surface area (Å²) < 4.78 is 27.1. The molecule has 128 valence electrons. The molecule has 0 atom stereocenters. The lowest BCUT2D eigenvalue weighted by Crippen LogP contribution is -2.37. The molecule has 1 heterocycles. The van der Waals surface area contributed by atoms with Crippen LogP contribution >= 0.6 is 0 Å². The number of urea groups is 1. The molecule has 0 saturated heterocycles. The lowest BCUT2D eigenvalue weighted by atomic mass is 10.2. The molecule has 0 bridgehead atoms. The average molecular weight is 348 g/mol. The van der Waals surface area contributed by atoms with Gasteiger partial charge in [-0.15, -0.1) is 0 Å². The SMILES string of the molecule is Cc1ccc(C)c(S(=O)(=O)NCCNC(=O)Nc2ccccn2)c1. The minimum Gasteiger partial charge on any atom is -0.337 e. The van der Waals surface area contributed by atoms with E-state index in [1.807, 2.05) is 13.0 Å². The first kappa shape index (κ1) is 17.9. The standard InChI is InChI=1S/C16H20N4O3S/c1-12-6-7-13(2)14(11-12)24(22,23)19-10-9-18-16(21)20-15-5-3-4-8-17-15/h3-8,11,19H,9-10H2,1-2H3,(H2,17,18,20,21). The first-order chi connectivity index (χ1) is 11.4. The van der Waals surface area contributed by atoms with Gasteiger partial charge in [0, 0.05) is 19.3 Å². The molecule has 0 aliphatic heterocycles. The highest BCUT2D eigenvalue weighted by Gasteiger charge is 2.16. The summed E-state index contributed by atoms with van der Waals surface area (Å²) in [6.07, 6.45) is 1.56. The van der Waals surface area contributed by atoms with Crippen LogP contribution in [0.15, 0.2) is 47.5 Å². The molecule has 1 aromatic heterocycles. The Morgan fingerprint density at radius 2 is 1.92 bits per heavy atom. The molecule has 0 unspecified atom stereocenters. The van der Waals surface area contributed by atoms with Crippen molar-refractivity contribution in [1.82, 2.24) is 15.0 Å². The summed E-state index contributed by atoms with van der Waals surface area (Å²) in [5.41, 5.74) is 1.54. The Morgan fingerprint density at radius 1 is 1.12 bits per heavy atom. The number of rotatable bonds is 6. The Balaban J connectivity index is 1.83. The van der Waals surface area contributed by atoms with Gasteiger partial charge in [-0.1, -0.05) is 18.2 Å². The molecule has 3 N–H and O–H groups in total. The first-order valence-electron chi connectivity index (χ1n) is 7.41. The molecule has 1 aromatic carbocycles. The maximum atomic E-state index is 12.3. The molecule has 24 heavy (non-hydrogen) atoms. The van der Waals surface area contributed by atoms with Crippen LogP contribution in [0.25, 0.3) is 0 Å². The van der Waals surface area contributed by atoms with Gasteiger partial charge in [-0.25, -0.2) is 22.9 Å². The van der Waals surface area contributed by atoms with Crippen molar-refractivity contribution >= 4 is 21.9 Å². The van der Waals surface area contributed by atoms with E-state index in [1.165, 1.54) is 0 Å². The molecular weight excluding hydrogens is 328 g/mol. The third-order valence-electron chi connectivity index (χ3n) is 3.24. The minimum absolute atomic E-state index is 0.0886. The molecule has 0 saturated carbocycles. The second-order valence-electron chi connectivity index (χ2n) is 5.26. The lowest BCUT2D eigenvalue weighted by molar-refractivity contribution is 0.252.